The van der Waals surface area contributed by atoms with Gasteiger partial charge in [-0.25, -0.2) is 4.98 Å². The highest BCUT2D eigenvalue weighted by atomic mass is 32.2. The minimum Gasteiger partial charge on any atom is -0.496 e. The molecule has 0 radical (unpaired) electrons. The maximum absolute atomic E-state index is 12.7. The second-order valence-corrected chi connectivity index (χ2v) is 10.4. The van der Waals surface area contributed by atoms with Gasteiger partial charge in [0.1, 0.15) is 11.5 Å². The Morgan fingerprint density at radius 3 is 2.50 bits per heavy atom. The molecule has 0 bridgehead atoms. The van der Waals surface area contributed by atoms with Crippen LogP contribution in [0.2, 0.25) is 0 Å². The Balaban J connectivity index is 1.35. The molecule has 0 aliphatic rings. The van der Waals surface area contributed by atoms with Crippen molar-refractivity contribution < 1.29 is 14.3 Å². The Labute approximate surface area is 241 Å². The van der Waals surface area contributed by atoms with Crippen molar-refractivity contribution >= 4 is 29.4 Å². The van der Waals surface area contributed by atoms with Crippen molar-refractivity contribution in [3.05, 3.63) is 96.6 Å². The molecule has 0 saturated heterocycles. The Morgan fingerprint density at radius 2 is 1.77 bits per heavy atom. The van der Waals surface area contributed by atoms with Crippen molar-refractivity contribution in [2.75, 3.05) is 19.0 Å². The number of nitrogens with zero attached hydrogens (tertiary/aromatic N) is 2. The van der Waals surface area contributed by atoms with E-state index in [9.17, 15) is 4.79 Å². The molecule has 3 aromatic carbocycles. The number of amides is 1. The van der Waals surface area contributed by atoms with Crippen LogP contribution in [-0.4, -0.2) is 29.2 Å². The van der Waals surface area contributed by atoms with Gasteiger partial charge in [0.25, 0.3) is 0 Å². The van der Waals surface area contributed by atoms with Crippen molar-refractivity contribution in [3.8, 4) is 22.6 Å². The fourth-order valence-corrected chi connectivity index (χ4v) is 5.06. The van der Waals surface area contributed by atoms with Crippen LogP contribution in [0.1, 0.15) is 44.4 Å². The number of hydrogen-bond donors (Lipinski definition) is 1. The molecule has 0 fully saturated rings. The zero-order chi connectivity index (χ0) is 28.2. The number of ether oxygens (including phenoxy) is 2. The largest absolute Gasteiger partial charge is 0.496 e. The molecule has 4 rings (SSSR count). The molecular formula is C33H37N3O3S. The number of thioether (sulfide) groups is 1. The van der Waals surface area contributed by atoms with Crippen LogP contribution in [0.15, 0.2) is 90.2 Å². The molecule has 1 heterocycles. The van der Waals surface area contributed by atoms with E-state index in [2.05, 4.69) is 28.7 Å². The first-order chi connectivity index (χ1) is 19.6. The highest BCUT2D eigenvalue weighted by molar-refractivity contribution is 7.98. The number of rotatable bonds is 14. The normalized spacial score (nSPS) is 11.1. The third-order valence-corrected chi connectivity index (χ3v) is 7.42. The number of imidazole rings is 1. The summed E-state index contributed by atoms with van der Waals surface area (Å²) in [6.07, 6.45) is 10.4. The van der Waals surface area contributed by atoms with Gasteiger partial charge in [-0.2, -0.15) is 0 Å². The van der Waals surface area contributed by atoms with Gasteiger partial charge < -0.3 is 19.4 Å². The number of methoxy groups -OCH3 is 1. The molecule has 4 aromatic rings. The van der Waals surface area contributed by atoms with Gasteiger partial charge in [-0.05, 0) is 78.6 Å². The molecule has 7 heteroatoms. The molecule has 0 aliphatic carbocycles. The molecule has 0 unspecified atom stereocenters. The van der Waals surface area contributed by atoms with Crippen LogP contribution in [0.3, 0.4) is 0 Å². The van der Waals surface area contributed by atoms with Gasteiger partial charge in [0.15, 0.2) is 0 Å². The van der Waals surface area contributed by atoms with Crippen LogP contribution in [0.5, 0.6) is 11.5 Å². The maximum atomic E-state index is 12.7. The summed E-state index contributed by atoms with van der Waals surface area (Å²) in [4.78, 5) is 18.1. The molecule has 1 amide bonds. The fourth-order valence-electron chi connectivity index (χ4n) is 4.17. The van der Waals surface area contributed by atoms with Crippen LogP contribution in [0.25, 0.3) is 17.2 Å². The monoisotopic (exact) mass is 555 g/mol. The number of hydrogen-bond acceptors (Lipinski definition) is 5. The molecule has 1 N–H and O–H groups in total. The van der Waals surface area contributed by atoms with E-state index >= 15 is 0 Å². The first kappa shape index (κ1) is 29.0. The molecule has 0 saturated carbocycles. The summed E-state index contributed by atoms with van der Waals surface area (Å²) in [6, 6.07) is 21.9. The van der Waals surface area contributed by atoms with Gasteiger partial charge in [0.2, 0.25) is 5.91 Å². The average Bonchev–Trinajstić information content (AvgIpc) is 3.43. The Hall–Kier alpha value is -3.97. The summed E-state index contributed by atoms with van der Waals surface area (Å²) in [5.41, 5.74) is 4.89. The Morgan fingerprint density at radius 1 is 1.00 bits per heavy atom. The third-order valence-electron chi connectivity index (χ3n) is 6.37. The summed E-state index contributed by atoms with van der Waals surface area (Å²) < 4.78 is 13.5. The lowest BCUT2D eigenvalue weighted by molar-refractivity contribution is -0.111. The van der Waals surface area contributed by atoms with Crippen LogP contribution < -0.4 is 14.8 Å². The summed E-state index contributed by atoms with van der Waals surface area (Å²) in [5, 5.41) is 2.94. The van der Waals surface area contributed by atoms with E-state index in [-0.39, 0.29) is 5.91 Å². The summed E-state index contributed by atoms with van der Waals surface area (Å²) in [6.45, 7) is 6.02. The van der Waals surface area contributed by atoms with Gasteiger partial charge in [-0.3, -0.25) is 4.79 Å². The Bertz CT molecular complexity index is 1400. The number of anilines is 1. The van der Waals surface area contributed by atoms with Gasteiger partial charge >= 0.3 is 0 Å². The van der Waals surface area contributed by atoms with E-state index in [1.54, 1.807) is 24.9 Å². The van der Waals surface area contributed by atoms with Crippen LogP contribution in [0.4, 0.5) is 5.69 Å². The van der Waals surface area contributed by atoms with Crippen molar-refractivity contribution in [1.82, 2.24) is 9.55 Å². The second-order valence-electron chi connectivity index (χ2n) is 9.40. The van der Waals surface area contributed by atoms with Gasteiger partial charge in [0, 0.05) is 46.4 Å². The van der Waals surface area contributed by atoms with E-state index < -0.39 is 0 Å². The number of aryl methyl sites for hydroxylation is 1. The van der Waals surface area contributed by atoms with Crippen LogP contribution >= 0.6 is 11.8 Å². The first-order valence-corrected chi connectivity index (χ1v) is 14.7. The van der Waals surface area contributed by atoms with Crippen LogP contribution in [-0.2, 0) is 17.1 Å². The zero-order valence-corrected chi connectivity index (χ0v) is 24.2. The van der Waals surface area contributed by atoms with E-state index in [0.29, 0.717) is 5.75 Å². The van der Waals surface area contributed by atoms with Gasteiger partial charge in [-0.1, -0.05) is 38.5 Å². The number of unbranched alkanes of at least 4 members (excludes halogenated alkanes) is 1. The first-order valence-electron chi connectivity index (χ1n) is 13.7. The van der Waals surface area contributed by atoms with E-state index in [0.717, 1.165) is 71.2 Å². The second kappa shape index (κ2) is 15.0. The summed E-state index contributed by atoms with van der Waals surface area (Å²) in [5.74, 6) is 2.22. The zero-order valence-electron chi connectivity index (χ0n) is 23.4. The molecule has 1 aromatic heterocycles. The molecule has 0 atom stereocenters. The molecule has 0 spiro atoms. The van der Waals surface area contributed by atoms with Crippen molar-refractivity contribution in [3.63, 3.8) is 0 Å². The predicted molar refractivity (Wildman–Crippen MR) is 165 cm³/mol. The topological polar surface area (TPSA) is 65.4 Å². The fraction of sp³-hybridized carbons (Fsp3) is 0.273. The number of carbonyl (C=O) groups is 1. The van der Waals surface area contributed by atoms with Crippen molar-refractivity contribution in [2.45, 2.75) is 50.3 Å². The number of nitrogens with one attached hydrogen (secondary N) is 1. The highest BCUT2D eigenvalue weighted by Crippen LogP contribution is 2.29. The molecule has 0 aliphatic heterocycles. The average molecular weight is 556 g/mol. The van der Waals surface area contributed by atoms with Gasteiger partial charge in [0.05, 0.1) is 20.0 Å². The Kier molecular flexibility index (Phi) is 10.9. The third kappa shape index (κ3) is 8.26. The lowest BCUT2D eigenvalue weighted by Gasteiger charge is -2.10. The lowest BCUT2D eigenvalue weighted by Crippen LogP contribution is -2.07. The minimum absolute atomic E-state index is 0.204. The SMILES string of the molecule is CCCCOc1ccc(-c2ccc(OC)c(/C=C/C(=O)Nc3ccc(SCc4cncn4CCC)cc3)c2)cc1. The standard InChI is InChI=1S/C33H37N3O3S/c1-4-6-20-39-30-13-7-25(8-14-30)26-9-17-32(38-3)27(21-26)10-18-33(37)35-28-11-15-31(16-12-28)40-23-29-22-34-24-36(29)19-5-2/h7-18,21-22,24H,4-6,19-20,23H2,1-3H3,(H,35,37)/b18-10+. The highest BCUT2D eigenvalue weighted by Gasteiger charge is 2.07. The van der Waals surface area contributed by atoms with Crippen LogP contribution in [0, 0.1) is 0 Å². The van der Waals surface area contributed by atoms with Gasteiger partial charge in [-0.15, -0.1) is 11.8 Å². The number of benzene rings is 3. The minimum atomic E-state index is -0.204. The molecule has 40 heavy (non-hydrogen) atoms. The van der Waals surface area contributed by atoms with E-state index in [1.165, 1.54) is 11.8 Å². The lowest BCUT2D eigenvalue weighted by atomic mass is 10.0. The van der Waals surface area contributed by atoms with E-state index in [4.69, 9.17) is 9.47 Å². The van der Waals surface area contributed by atoms with E-state index in [1.807, 2.05) is 79.3 Å². The molecule has 6 nitrogen and oxygen atoms in total. The molecular weight excluding hydrogens is 518 g/mol. The number of carbonyl (C=O) groups excluding carboxylic acids is 1. The summed E-state index contributed by atoms with van der Waals surface area (Å²) >= 11 is 1.75. The smallest absolute Gasteiger partial charge is 0.248 e. The van der Waals surface area contributed by atoms with Crippen molar-refractivity contribution in [1.29, 1.82) is 0 Å². The molecule has 208 valence electrons. The predicted octanol–water partition coefficient (Wildman–Crippen LogP) is 8.09. The van der Waals surface area contributed by atoms with Crippen molar-refractivity contribution in [2.24, 2.45) is 0 Å². The summed E-state index contributed by atoms with van der Waals surface area (Å²) in [7, 11) is 1.63. The quantitative estimate of drug-likeness (QED) is 0.0968. The number of aromatic nitrogens is 2. The maximum Gasteiger partial charge on any atom is 0.248 e.